The summed E-state index contributed by atoms with van der Waals surface area (Å²) in [6.45, 7) is 0. The Hall–Kier alpha value is -1.92. The first-order valence-electron chi connectivity index (χ1n) is 5.34. The molecule has 0 aromatic heterocycles. The van der Waals surface area contributed by atoms with Gasteiger partial charge in [0.2, 0.25) is 0 Å². The van der Waals surface area contributed by atoms with Crippen LogP contribution in [-0.4, -0.2) is 0 Å². The van der Waals surface area contributed by atoms with Crippen LogP contribution in [0.25, 0.3) is 0 Å². The molecule has 3 nitrogen and oxygen atoms in total. The van der Waals surface area contributed by atoms with Gasteiger partial charge >= 0.3 is 0 Å². The molecule has 0 bridgehead atoms. The molecule has 0 amide bonds. The number of nitriles is 2. The molecule has 0 heterocycles. The Labute approximate surface area is 120 Å². The summed E-state index contributed by atoms with van der Waals surface area (Å²) in [5.74, 6) is 0. The normalized spacial score (nSPS) is 9.58. The molecule has 0 fully saturated rings. The molecule has 0 saturated heterocycles. The number of hydrogen-bond donors (Lipinski definition) is 0. The van der Waals surface area contributed by atoms with Crippen LogP contribution >= 0.6 is 24.1 Å². The fourth-order valence-corrected chi connectivity index (χ4v) is 2.75. The van der Waals surface area contributed by atoms with E-state index < -0.39 is 0 Å². The molecule has 0 aliphatic heterocycles. The van der Waals surface area contributed by atoms with Gasteiger partial charge < -0.3 is 0 Å². The molecule has 5 heteroatoms. The molecule has 0 unspecified atom stereocenters. The predicted molar refractivity (Wildman–Crippen MR) is 75.1 cm³/mol. The highest BCUT2D eigenvalue weighted by Crippen LogP contribution is 2.32. The molecule has 0 atom stereocenters. The predicted octanol–water partition coefficient (Wildman–Crippen LogP) is 4.16. The standard InChI is InChI=1S/C14H8N2OS2/c15-9-11-5-1-3-7-13(11)18-17-19-14-8-4-2-6-12(14)10-16/h1-8H. The van der Waals surface area contributed by atoms with Gasteiger partial charge in [0.25, 0.3) is 0 Å². The highest BCUT2D eigenvalue weighted by molar-refractivity contribution is 8.08. The average molecular weight is 284 g/mol. The van der Waals surface area contributed by atoms with Crippen molar-refractivity contribution in [1.29, 1.82) is 10.5 Å². The van der Waals surface area contributed by atoms with Crippen molar-refractivity contribution in [3.8, 4) is 12.1 Å². The molecule has 0 radical (unpaired) electrons. The van der Waals surface area contributed by atoms with Crippen LogP contribution in [0.5, 0.6) is 0 Å². The summed E-state index contributed by atoms with van der Waals surface area (Å²) in [5.41, 5.74) is 1.14. The quantitative estimate of drug-likeness (QED) is 0.789. The minimum absolute atomic E-state index is 0.571. The van der Waals surface area contributed by atoms with Crippen LogP contribution in [0.1, 0.15) is 11.1 Å². The van der Waals surface area contributed by atoms with Gasteiger partial charge in [-0.15, -0.1) is 0 Å². The van der Waals surface area contributed by atoms with E-state index in [4.69, 9.17) is 14.2 Å². The second-order valence-electron chi connectivity index (χ2n) is 3.45. The summed E-state index contributed by atoms with van der Waals surface area (Å²) in [6.07, 6.45) is 0. The number of rotatable bonds is 4. The molecule has 0 spiro atoms. The number of benzene rings is 2. The molecule has 0 N–H and O–H groups in total. The number of nitrogens with zero attached hydrogens (tertiary/aromatic N) is 2. The topological polar surface area (TPSA) is 56.8 Å². The highest BCUT2D eigenvalue weighted by Gasteiger charge is 2.05. The lowest BCUT2D eigenvalue weighted by Crippen LogP contribution is -1.81. The second-order valence-corrected chi connectivity index (χ2v) is 5.21. The summed E-state index contributed by atoms with van der Waals surface area (Å²) >= 11 is 2.23. The van der Waals surface area contributed by atoms with Crippen molar-refractivity contribution in [1.82, 2.24) is 0 Å². The smallest absolute Gasteiger partial charge is 0.100 e. The maximum atomic E-state index is 8.95. The third-order valence-corrected chi connectivity index (χ3v) is 3.88. The monoisotopic (exact) mass is 284 g/mol. The van der Waals surface area contributed by atoms with Crippen LogP contribution in [0.3, 0.4) is 0 Å². The van der Waals surface area contributed by atoms with Crippen LogP contribution in [-0.2, 0) is 3.63 Å². The molecular weight excluding hydrogens is 276 g/mol. The van der Waals surface area contributed by atoms with Crippen molar-refractivity contribution in [2.24, 2.45) is 0 Å². The number of hydrogen-bond acceptors (Lipinski definition) is 5. The van der Waals surface area contributed by atoms with Gasteiger partial charge in [-0.1, -0.05) is 24.3 Å². The summed E-state index contributed by atoms with van der Waals surface area (Å²) in [6, 6.07) is 18.6. The third kappa shape index (κ3) is 3.52. The first kappa shape index (κ1) is 13.5. The highest BCUT2D eigenvalue weighted by atomic mass is 32.2. The molecule has 2 aromatic rings. The van der Waals surface area contributed by atoms with E-state index in [-0.39, 0.29) is 0 Å². The largest absolute Gasteiger partial charge is 0.237 e. The van der Waals surface area contributed by atoms with E-state index in [1.54, 1.807) is 24.3 Å². The maximum absolute atomic E-state index is 8.95. The van der Waals surface area contributed by atoms with Crippen molar-refractivity contribution in [2.75, 3.05) is 0 Å². The Balaban J connectivity index is 2.01. The molecule has 0 aliphatic carbocycles. The van der Waals surface area contributed by atoms with Gasteiger partial charge in [-0.05, 0) is 24.3 Å². The Kier molecular flexibility index (Phi) is 4.88. The molecule has 0 aliphatic rings. The van der Waals surface area contributed by atoms with Crippen LogP contribution in [0.15, 0.2) is 58.3 Å². The minimum atomic E-state index is 0.571. The van der Waals surface area contributed by atoms with E-state index in [1.165, 1.54) is 0 Å². The lowest BCUT2D eigenvalue weighted by atomic mass is 10.2. The zero-order valence-electron chi connectivity index (χ0n) is 9.74. The lowest BCUT2D eigenvalue weighted by Gasteiger charge is -2.04. The second kappa shape index (κ2) is 6.86. The van der Waals surface area contributed by atoms with Crippen molar-refractivity contribution in [3.05, 3.63) is 59.7 Å². The van der Waals surface area contributed by atoms with Crippen LogP contribution in [0.4, 0.5) is 0 Å². The summed E-state index contributed by atoms with van der Waals surface area (Å²) in [5, 5.41) is 17.9. The van der Waals surface area contributed by atoms with Crippen molar-refractivity contribution >= 4 is 24.1 Å². The average Bonchev–Trinajstić information content (AvgIpc) is 2.48. The van der Waals surface area contributed by atoms with Crippen molar-refractivity contribution < 1.29 is 3.63 Å². The van der Waals surface area contributed by atoms with E-state index in [0.717, 1.165) is 33.9 Å². The minimum Gasteiger partial charge on any atom is -0.237 e. The van der Waals surface area contributed by atoms with E-state index in [2.05, 4.69) is 12.1 Å². The third-order valence-electron chi connectivity index (χ3n) is 2.26. The van der Waals surface area contributed by atoms with Gasteiger partial charge in [0.05, 0.1) is 20.9 Å². The van der Waals surface area contributed by atoms with Gasteiger partial charge in [0, 0.05) is 24.1 Å². The Morgan fingerprint density at radius 1 is 0.737 bits per heavy atom. The fraction of sp³-hybridized carbons (Fsp3) is 0. The van der Waals surface area contributed by atoms with Gasteiger partial charge in [-0.2, -0.15) is 10.5 Å². The lowest BCUT2D eigenvalue weighted by molar-refractivity contribution is 0.756. The molecule has 2 aromatic carbocycles. The maximum Gasteiger partial charge on any atom is 0.100 e. The Morgan fingerprint density at radius 3 is 1.58 bits per heavy atom. The molecular formula is C14H8N2OS2. The van der Waals surface area contributed by atoms with Gasteiger partial charge in [-0.25, -0.2) is 3.63 Å². The fourth-order valence-electron chi connectivity index (χ4n) is 1.35. The van der Waals surface area contributed by atoms with E-state index in [9.17, 15) is 0 Å². The zero-order valence-corrected chi connectivity index (χ0v) is 11.4. The summed E-state index contributed by atoms with van der Waals surface area (Å²) in [4.78, 5) is 1.51. The van der Waals surface area contributed by atoms with Crippen LogP contribution in [0, 0.1) is 22.7 Å². The zero-order chi connectivity index (χ0) is 13.5. The van der Waals surface area contributed by atoms with E-state index in [1.807, 2.05) is 24.3 Å². The SMILES string of the molecule is N#Cc1ccccc1SOSc1ccccc1C#N. The molecule has 0 saturated carbocycles. The first-order chi connectivity index (χ1) is 9.35. The summed E-state index contributed by atoms with van der Waals surface area (Å²) in [7, 11) is 0. The van der Waals surface area contributed by atoms with Crippen LogP contribution < -0.4 is 0 Å². The van der Waals surface area contributed by atoms with Gasteiger partial charge in [0.1, 0.15) is 12.1 Å². The van der Waals surface area contributed by atoms with Gasteiger partial charge in [-0.3, -0.25) is 0 Å². The summed E-state index contributed by atoms with van der Waals surface area (Å²) < 4.78 is 5.42. The Bertz CT molecular complexity index is 601. The first-order valence-corrected chi connectivity index (χ1v) is 6.83. The molecule has 2 rings (SSSR count). The van der Waals surface area contributed by atoms with E-state index >= 15 is 0 Å². The Morgan fingerprint density at radius 2 is 1.16 bits per heavy atom. The van der Waals surface area contributed by atoms with Crippen molar-refractivity contribution in [3.63, 3.8) is 0 Å². The molecule has 92 valence electrons. The molecule has 19 heavy (non-hydrogen) atoms. The van der Waals surface area contributed by atoms with Crippen molar-refractivity contribution in [2.45, 2.75) is 9.79 Å². The van der Waals surface area contributed by atoms with Gasteiger partial charge in [0.15, 0.2) is 0 Å². The van der Waals surface area contributed by atoms with Crippen LogP contribution in [0.2, 0.25) is 0 Å². The van der Waals surface area contributed by atoms with E-state index in [0.29, 0.717) is 11.1 Å².